The fraction of sp³-hybridized carbons (Fsp3) is 0.514. The maximum absolute atomic E-state index is 12.3. The van der Waals surface area contributed by atoms with Crippen molar-refractivity contribution in [3.63, 3.8) is 0 Å². The largest absolute Gasteiger partial charge is 0.494 e. The summed E-state index contributed by atoms with van der Waals surface area (Å²) in [6, 6.07) is 25.3. The van der Waals surface area contributed by atoms with Crippen LogP contribution >= 0.6 is 0 Å². The molecule has 0 amide bonds. The summed E-state index contributed by atoms with van der Waals surface area (Å²) in [5, 5.41) is 12.7. The summed E-state index contributed by atoms with van der Waals surface area (Å²) in [5.41, 5.74) is 1.02. The van der Waals surface area contributed by atoms with Crippen LogP contribution in [-0.4, -0.2) is 48.2 Å². The molecule has 0 aliphatic rings. The number of rotatable bonds is 15. The maximum Gasteiger partial charge on any atom is 0.191 e. The number of hydrogen-bond donors (Lipinski definition) is 1. The zero-order valence-corrected chi connectivity index (χ0v) is 30.8. The lowest BCUT2D eigenvalue weighted by atomic mass is 9.80. The van der Waals surface area contributed by atoms with Crippen molar-refractivity contribution in [1.82, 2.24) is 0 Å². The highest BCUT2D eigenvalue weighted by atomic mass is 28.4. The van der Waals surface area contributed by atoms with Crippen molar-refractivity contribution in [1.29, 1.82) is 0 Å². The van der Waals surface area contributed by atoms with E-state index < -0.39 is 22.2 Å². The van der Waals surface area contributed by atoms with E-state index >= 15 is 0 Å². The molecule has 0 aliphatic carbocycles. The van der Waals surface area contributed by atoms with Gasteiger partial charge in [0.2, 0.25) is 0 Å². The highest BCUT2D eigenvalue weighted by Gasteiger charge is 2.38. The lowest BCUT2D eigenvalue weighted by Gasteiger charge is -2.36. The normalized spacial score (nSPS) is 13.2. The van der Waals surface area contributed by atoms with E-state index in [0.29, 0.717) is 26.4 Å². The van der Waals surface area contributed by atoms with Gasteiger partial charge in [-0.25, -0.2) is 0 Å². The molecule has 0 atom stereocenters. The first-order valence-electron chi connectivity index (χ1n) is 16.0. The molecule has 0 fully saturated rings. The second-order valence-corrected chi connectivity index (χ2v) is 24.4. The third-order valence-corrected chi connectivity index (χ3v) is 18.5. The lowest BCUT2D eigenvalue weighted by Crippen LogP contribution is -2.41. The quantitative estimate of drug-likeness (QED) is 0.102. The van der Waals surface area contributed by atoms with Gasteiger partial charge in [0.15, 0.2) is 16.6 Å². The van der Waals surface area contributed by atoms with Crippen molar-refractivity contribution in [2.45, 2.75) is 96.2 Å². The van der Waals surface area contributed by atoms with Crippen molar-refractivity contribution < 1.29 is 23.4 Å². The number of ether oxygens (including phenoxy) is 2. The second-order valence-electron chi connectivity index (χ2n) is 14.7. The van der Waals surface area contributed by atoms with E-state index in [9.17, 15) is 5.11 Å². The van der Waals surface area contributed by atoms with Crippen molar-refractivity contribution in [2.24, 2.45) is 0 Å². The van der Waals surface area contributed by atoms with Crippen LogP contribution in [0.1, 0.15) is 71.1 Å². The van der Waals surface area contributed by atoms with Gasteiger partial charge in [-0.3, -0.25) is 0 Å². The van der Waals surface area contributed by atoms with Gasteiger partial charge in [0.25, 0.3) is 0 Å². The minimum absolute atomic E-state index is 0.201. The van der Waals surface area contributed by atoms with Gasteiger partial charge >= 0.3 is 0 Å². The molecule has 0 aromatic heterocycles. The smallest absolute Gasteiger partial charge is 0.191 e. The fourth-order valence-corrected chi connectivity index (χ4v) is 6.52. The third kappa shape index (κ3) is 9.30. The van der Waals surface area contributed by atoms with E-state index in [1.54, 1.807) is 0 Å². The predicted molar refractivity (Wildman–Crippen MR) is 188 cm³/mol. The van der Waals surface area contributed by atoms with Gasteiger partial charge in [0.05, 0.1) is 13.2 Å². The molecule has 242 valence electrons. The zero-order chi connectivity index (χ0) is 32.7. The summed E-state index contributed by atoms with van der Waals surface area (Å²) in [6.07, 6.45) is 1.67. The van der Waals surface area contributed by atoms with Gasteiger partial charge in [-0.05, 0) is 77.2 Å². The Bertz CT molecular complexity index is 1200. The van der Waals surface area contributed by atoms with Crippen molar-refractivity contribution >= 4 is 16.6 Å². The molecule has 0 bridgehead atoms. The molecule has 1 N–H and O–H groups in total. The summed E-state index contributed by atoms with van der Waals surface area (Å²) in [6.45, 7) is 25.2. The van der Waals surface area contributed by atoms with Crippen molar-refractivity contribution in [3.8, 4) is 11.5 Å². The molecule has 7 heteroatoms. The Morgan fingerprint density at radius 3 is 1.18 bits per heavy atom. The second kappa shape index (κ2) is 14.8. The van der Waals surface area contributed by atoms with Gasteiger partial charge in [-0.15, -0.1) is 0 Å². The van der Waals surface area contributed by atoms with Gasteiger partial charge in [0.1, 0.15) is 17.1 Å². The van der Waals surface area contributed by atoms with Crippen LogP contribution in [0, 0.1) is 0 Å². The van der Waals surface area contributed by atoms with Gasteiger partial charge in [-0.1, -0.05) is 96.1 Å². The third-order valence-electron chi connectivity index (χ3n) is 9.39. The Morgan fingerprint density at radius 1 is 0.500 bits per heavy atom. The molecule has 0 saturated carbocycles. The maximum atomic E-state index is 12.3. The Kier molecular flexibility index (Phi) is 12.1. The summed E-state index contributed by atoms with van der Waals surface area (Å²) < 4.78 is 24.6. The van der Waals surface area contributed by atoms with Crippen LogP contribution in [0.2, 0.25) is 36.3 Å². The van der Waals surface area contributed by atoms with Gasteiger partial charge in [-0.2, -0.15) is 0 Å². The van der Waals surface area contributed by atoms with Crippen molar-refractivity contribution in [3.05, 3.63) is 95.6 Å². The number of benzene rings is 3. The van der Waals surface area contributed by atoms with Crippen LogP contribution in [-0.2, 0) is 14.5 Å². The first-order chi connectivity index (χ1) is 20.5. The monoisotopic (exact) mass is 636 g/mol. The SMILES string of the molecule is CC(C)(C)[Si](C)(C)OCCCOc1ccc(C(O)(c2ccccc2)c2ccc(OCCCO[Si](C)(C)C(C)(C)C)cc2)cc1. The Balaban J connectivity index is 1.63. The molecule has 3 rings (SSSR count). The summed E-state index contributed by atoms with van der Waals surface area (Å²) in [5.74, 6) is 1.55. The van der Waals surface area contributed by atoms with Crippen LogP contribution in [0.5, 0.6) is 11.5 Å². The van der Waals surface area contributed by atoms with Gasteiger partial charge < -0.3 is 23.4 Å². The van der Waals surface area contributed by atoms with E-state index in [0.717, 1.165) is 41.0 Å². The average molecular weight is 637 g/mol. The molecule has 0 heterocycles. The van der Waals surface area contributed by atoms with E-state index in [4.69, 9.17) is 18.3 Å². The molecule has 0 aliphatic heterocycles. The first kappa shape index (κ1) is 36.0. The molecule has 0 radical (unpaired) electrons. The minimum atomic E-state index is -1.75. The van der Waals surface area contributed by atoms with E-state index in [1.165, 1.54) is 0 Å². The van der Waals surface area contributed by atoms with Crippen LogP contribution < -0.4 is 9.47 Å². The van der Waals surface area contributed by atoms with Crippen LogP contribution in [0.3, 0.4) is 0 Å². The van der Waals surface area contributed by atoms with Crippen molar-refractivity contribution in [2.75, 3.05) is 26.4 Å². The topological polar surface area (TPSA) is 57.2 Å². The van der Waals surface area contributed by atoms with Crippen LogP contribution in [0.4, 0.5) is 0 Å². The van der Waals surface area contributed by atoms with E-state index in [1.807, 2.05) is 78.9 Å². The van der Waals surface area contributed by atoms with Crippen LogP contribution in [0.15, 0.2) is 78.9 Å². The molecular formula is C37H56O5Si2. The molecule has 3 aromatic carbocycles. The number of aliphatic hydroxyl groups is 1. The summed E-state index contributed by atoms with van der Waals surface area (Å²) >= 11 is 0. The molecule has 5 nitrogen and oxygen atoms in total. The molecule has 44 heavy (non-hydrogen) atoms. The lowest BCUT2D eigenvalue weighted by molar-refractivity contribution is 0.125. The van der Waals surface area contributed by atoms with E-state index in [2.05, 4.69) is 67.7 Å². The highest BCUT2D eigenvalue weighted by molar-refractivity contribution is 6.74. The zero-order valence-electron chi connectivity index (χ0n) is 28.8. The Morgan fingerprint density at radius 2 is 0.841 bits per heavy atom. The molecule has 0 saturated heterocycles. The van der Waals surface area contributed by atoms with E-state index in [-0.39, 0.29) is 10.1 Å². The molecule has 3 aromatic rings. The molecule has 0 spiro atoms. The fourth-order valence-electron chi connectivity index (χ4n) is 4.35. The predicted octanol–water partition coefficient (Wildman–Crippen LogP) is 9.55. The van der Waals surface area contributed by atoms with Crippen LogP contribution in [0.25, 0.3) is 0 Å². The molecule has 0 unspecified atom stereocenters. The number of hydrogen-bond acceptors (Lipinski definition) is 5. The van der Waals surface area contributed by atoms with Gasteiger partial charge in [0, 0.05) is 26.1 Å². The average Bonchev–Trinajstić information content (AvgIpc) is 2.96. The first-order valence-corrected chi connectivity index (χ1v) is 21.8. The summed E-state index contributed by atoms with van der Waals surface area (Å²) in [7, 11) is -3.50. The Labute approximate surface area is 269 Å². The Hall–Kier alpha value is -2.43. The highest BCUT2D eigenvalue weighted by Crippen LogP contribution is 2.39. The molecular weight excluding hydrogens is 581 g/mol. The summed E-state index contributed by atoms with van der Waals surface area (Å²) in [4.78, 5) is 0. The minimum Gasteiger partial charge on any atom is -0.494 e. The standard InChI is InChI=1S/C37H56O5Si2/c1-35(2,3)43(7,8)41-28-14-26-39-33-22-18-31(19-23-33)37(38,30-16-12-11-13-17-30)32-20-24-34(25-21-32)40-27-15-29-42-44(9,10)36(4,5)6/h11-13,16-25,38H,14-15,26-29H2,1-10H3.